The quantitative estimate of drug-likeness (QED) is 0.866. The predicted octanol–water partition coefficient (Wildman–Crippen LogP) is 2.00. The molecule has 0 atom stereocenters. The van der Waals surface area contributed by atoms with E-state index >= 15 is 0 Å². The van der Waals surface area contributed by atoms with Gasteiger partial charge in [0.1, 0.15) is 5.75 Å². The third-order valence-electron chi connectivity index (χ3n) is 4.55. The van der Waals surface area contributed by atoms with Crippen LogP contribution in [-0.2, 0) is 0 Å². The molecule has 3 rings (SSSR count). The molecule has 5 heteroatoms. The second-order valence-corrected chi connectivity index (χ2v) is 7.66. The fourth-order valence-electron chi connectivity index (χ4n) is 3.03. The Balaban J connectivity index is 1.49. The van der Waals surface area contributed by atoms with Gasteiger partial charge in [-0.1, -0.05) is 0 Å². The highest BCUT2D eigenvalue weighted by Crippen LogP contribution is 2.29. The Morgan fingerprint density at radius 1 is 1.17 bits per heavy atom. The summed E-state index contributed by atoms with van der Waals surface area (Å²) in [5.74, 6) is 1.65. The number of amides is 1. The third kappa shape index (κ3) is 4.95. The van der Waals surface area contributed by atoms with Gasteiger partial charge in [0, 0.05) is 38.3 Å². The Morgan fingerprint density at radius 2 is 1.79 bits per heavy atom. The molecular formula is C19H28N2O3. The number of piperazine rings is 1. The zero-order valence-corrected chi connectivity index (χ0v) is 14.7. The van der Waals surface area contributed by atoms with Crippen LogP contribution in [0.25, 0.3) is 0 Å². The van der Waals surface area contributed by atoms with Crippen molar-refractivity contribution >= 4 is 5.91 Å². The van der Waals surface area contributed by atoms with E-state index in [2.05, 4.69) is 4.90 Å². The molecule has 1 heterocycles. The number of β-amino-alcohol motifs (C(OH)–C–C–N with tert-alkyl or cyclic N) is 1. The lowest BCUT2D eigenvalue weighted by atomic mass is 10.1. The summed E-state index contributed by atoms with van der Waals surface area (Å²) < 4.78 is 5.72. The highest BCUT2D eigenvalue weighted by atomic mass is 16.5. The van der Waals surface area contributed by atoms with Gasteiger partial charge in [-0.3, -0.25) is 9.69 Å². The summed E-state index contributed by atoms with van der Waals surface area (Å²) in [7, 11) is 0. The molecule has 0 unspecified atom stereocenters. The van der Waals surface area contributed by atoms with Crippen LogP contribution >= 0.6 is 0 Å². The fourth-order valence-corrected chi connectivity index (χ4v) is 3.03. The van der Waals surface area contributed by atoms with E-state index in [1.54, 1.807) is 0 Å². The van der Waals surface area contributed by atoms with Crippen molar-refractivity contribution in [3.8, 4) is 5.75 Å². The van der Waals surface area contributed by atoms with Crippen LogP contribution in [-0.4, -0.2) is 65.7 Å². The first kappa shape index (κ1) is 17.2. The van der Waals surface area contributed by atoms with Crippen LogP contribution in [0.4, 0.5) is 0 Å². The lowest BCUT2D eigenvalue weighted by Gasteiger charge is -2.37. The number of carbonyl (C=O) groups excluding carboxylic acids is 1. The van der Waals surface area contributed by atoms with Crippen LogP contribution in [0.15, 0.2) is 24.3 Å². The molecule has 1 saturated carbocycles. The van der Waals surface area contributed by atoms with Crippen LogP contribution < -0.4 is 4.74 Å². The predicted molar refractivity (Wildman–Crippen MR) is 93.3 cm³/mol. The van der Waals surface area contributed by atoms with E-state index in [1.165, 1.54) is 12.8 Å². The van der Waals surface area contributed by atoms with Gasteiger partial charge in [-0.25, -0.2) is 0 Å². The normalized spacial score (nSPS) is 19.4. The number of nitrogens with zero attached hydrogens (tertiary/aromatic N) is 2. The van der Waals surface area contributed by atoms with Crippen molar-refractivity contribution < 1.29 is 14.6 Å². The smallest absolute Gasteiger partial charge is 0.253 e. The third-order valence-corrected chi connectivity index (χ3v) is 4.55. The van der Waals surface area contributed by atoms with Gasteiger partial charge in [0.05, 0.1) is 12.2 Å². The van der Waals surface area contributed by atoms with Gasteiger partial charge in [0.2, 0.25) is 0 Å². The molecule has 2 fully saturated rings. The number of rotatable bonds is 6. The Hall–Kier alpha value is -1.59. The van der Waals surface area contributed by atoms with E-state index in [1.807, 2.05) is 43.0 Å². The molecule has 0 aromatic heterocycles. The number of benzene rings is 1. The monoisotopic (exact) mass is 332 g/mol. The highest BCUT2D eigenvalue weighted by molar-refractivity contribution is 5.94. The number of hydrogen-bond acceptors (Lipinski definition) is 4. The van der Waals surface area contributed by atoms with E-state index in [0.29, 0.717) is 25.2 Å². The topological polar surface area (TPSA) is 53.0 Å². The molecule has 1 aliphatic carbocycles. The maximum Gasteiger partial charge on any atom is 0.253 e. The molecule has 0 spiro atoms. The minimum Gasteiger partial charge on any atom is -0.493 e. The van der Waals surface area contributed by atoms with Crippen molar-refractivity contribution in [1.29, 1.82) is 0 Å². The first-order valence-electron chi connectivity index (χ1n) is 8.87. The first-order chi connectivity index (χ1) is 11.4. The molecule has 1 aromatic rings. The molecule has 1 aliphatic heterocycles. The molecule has 1 aromatic carbocycles. The lowest BCUT2D eigenvalue weighted by Crippen LogP contribution is -2.51. The highest BCUT2D eigenvalue weighted by Gasteiger charge is 2.25. The molecule has 0 radical (unpaired) electrons. The van der Waals surface area contributed by atoms with Crippen molar-refractivity contribution in [3.05, 3.63) is 29.8 Å². The Labute approximate surface area is 144 Å². The average molecular weight is 332 g/mol. The maximum atomic E-state index is 12.6. The van der Waals surface area contributed by atoms with Crippen molar-refractivity contribution in [2.24, 2.45) is 5.92 Å². The maximum absolute atomic E-state index is 12.6. The van der Waals surface area contributed by atoms with Crippen molar-refractivity contribution in [1.82, 2.24) is 9.80 Å². The minimum absolute atomic E-state index is 0.0756. The van der Waals surface area contributed by atoms with Gasteiger partial charge in [-0.15, -0.1) is 0 Å². The van der Waals surface area contributed by atoms with Gasteiger partial charge in [-0.05, 0) is 56.9 Å². The van der Waals surface area contributed by atoms with E-state index in [-0.39, 0.29) is 5.91 Å². The van der Waals surface area contributed by atoms with Gasteiger partial charge in [0.15, 0.2) is 0 Å². The molecule has 0 bridgehead atoms. The Kier molecular flexibility index (Phi) is 5.11. The van der Waals surface area contributed by atoms with E-state index < -0.39 is 5.60 Å². The summed E-state index contributed by atoms with van der Waals surface area (Å²) >= 11 is 0. The molecule has 1 amide bonds. The summed E-state index contributed by atoms with van der Waals surface area (Å²) in [6.07, 6.45) is 2.55. The number of hydrogen-bond donors (Lipinski definition) is 1. The fraction of sp³-hybridized carbons (Fsp3) is 0.632. The van der Waals surface area contributed by atoms with Gasteiger partial charge < -0.3 is 14.7 Å². The first-order valence-corrected chi connectivity index (χ1v) is 8.87. The molecule has 1 saturated heterocycles. The van der Waals surface area contributed by atoms with Crippen LogP contribution in [0.2, 0.25) is 0 Å². The van der Waals surface area contributed by atoms with E-state index in [9.17, 15) is 9.90 Å². The second kappa shape index (κ2) is 7.11. The van der Waals surface area contributed by atoms with Crippen LogP contribution in [0.1, 0.15) is 37.0 Å². The number of ether oxygens (including phenoxy) is 1. The van der Waals surface area contributed by atoms with Gasteiger partial charge in [0.25, 0.3) is 5.91 Å². The molecule has 2 aliphatic rings. The van der Waals surface area contributed by atoms with Crippen LogP contribution in [0, 0.1) is 5.92 Å². The summed E-state index contributed by atoms with van der Waals surface area (Å²) in [5.41, 5.74) is 0.0207. The van der Waals surface area contributed by atoms with Crippen molar-refractivity contribution in [2.45, 2.75) is 32.3 Å². The summed E-state index contributed by atoms with van der Waals surface area (Å²) in [6, 6.07) is 7.49. The lowest BCUT2D eigenvalue weighted by molar-refractivity contribution is 0.0178. The molecule has 1 N–H and O–H groups in total. The standard InChI is InChI=1S/C19H28N2O3/c1-19(2,23)14-20-9-11-21(12-10-20)18(22)16-5-7-17(8-6-16)24-13-15-3-4-15/h5-8,15,23H,3-4,9-14H2,1-2H3. The van der Waals surface area contributed by atoms with E-state index in [4.69, 9.17) is 4.74 Å². The summed E-state index contributed by atoms with van der Waals surface area (Å²) in [5, 5.41) is 9.90. The van der Waals surface area contributed by atoms with E-state index in [0.717, 1.165) is 31.4 Å². The summed E-state index contributed by atoms with van der Waals surface area (Å²) in [6.45, 7) is 8.08. The zero-order valence-electron chi connectivity index (χ0n) is 14.7. The largest absolute Gasteiger partial charge is 0.493 e. The van der Waals surface area contributed by atoms with Crippen molar-refractivity contribution in [2.75, 3.05) is 39.3 Å². The number of aliphatic hydroxyl groups is 1. The molecular weight excluding hydrogens is 304 g/mol. The summed E-state index contributed by atoms with van der Waals surface area (Å²) in [4.78, 5) is 16.7. The number of carbonyl (C=O) groups is 1. The average Bonchev–Trinajstić information content (AvgIpc) is 3.36. The minimum atomic E-state index is -0.692. The van der Waals surface area contributed by atoms with Gasteiger partial charge >= 0.3 is 0 Å². The SMILES string of the molecule is CC(C)(O)CN1CCN(C(=O)c2ccc(OCC3CC3)cc2)CC1. The molecule has 24 heavy (non-hydrogen) atoms. The van der Waals surface area contributed by atoms with Gasteiger partial charge in [-0.2, -0.15) is 0 Å². The van der Waals surface area contributed by atoms with Crippen molar-refractivity contribution in [3.63, 3.8) is 0 Å². The Morgan fingerprint density at radius 3 is 2.33 bits per heavy atom. The second-order valence-electron chi connectivity index (χ2n) is 7.66. The molecule has 132 valence electrons. The zero-order chi connectivity index (χ0) is 17.2. The van der Waals surface area contributed by atoms with Crippen LogP contribution in [0.5, 0.6) is 5.75 Å². The molecule has 5 nitrogen and oxygen atoms in total. The van der Waals surface area contributed by atoms with Crippen LogP contribution in [0.3, 0.4) is 0 Å². The Bertz CT molecular complexity index is 553.